The molecule has 82 valence electrons. The molecule has 14 heavy (non-hydrogen) atoms. The number of nitrogens with zero attached hydrogens (tertiary/aromatic N) is 2. The zero-order valence-corrected chi connectivity index (χ0v) is 10.3. The van der Waals surface area contributed by atoms with Crippen LogP contribution in [-0.2, 0) is 10.1 Å². The molecule has 0 aromatic rings. The summed E-state index contributed by atoms with van der Waals surface area (Å²) in [4.78, 5) is 11.2. The summed E-state index contributed by atoms with van der Waals surface area (Å²) >= 11 is 8.41. The Morgan fingerprint density at radius 3 is 2.50 bits per heavy atom. The van der Waals surface area contributed by atoms with Gasteiger partial charge in [0.05, 0.1) is 28.2 Å². The van der Waals surface area contributed by atoms with E-state index in [1.54, 1.807) is 0 Å². The SMILES string of the molecule is CC1(CS(=O)(=O)O)CN(Cl)C(=O)N1Br. The Labute approximate surface area is 95.0 Å². The summed E-state index contributed by atoms with van der Waals surface area (Å²) in [6.07, 6.45) is 0. The van der Waals surface area contributed by atoms with Crippen LogP contribution in [0.15, 0.2) is 0 Å². The van der Waals surface area contributed by atoms with Gasteiger partial charge < -0.3 is 0 Å². The Morgan fingerprint density at radius 2 is 2.21 bits per heavy atom. The maximum atomic E-state index is 11.2. The molecule has 1 unspecified atom stereocenters. The van der Waals surface area contributed by atoms with Crippen LogP contribution in [0.2, 0.25) is 0 Å². The lowest BCUT2D eigenvalue weighted by Gasteiger charge is -2.26. The molecule has 1 saturated heterocycles. The van der Waals surface area contributed by atoms with Gasteiger partial charge in [-0.2, -0.15) is 8.42 Å². The number of hydrogen-bond donors (Lipinski definition) is 1. The minimum absolute atomic E-state index is 0.0123. The van der Waals surface area contributed by atoms with E-state index < -0.39 is 27.4 Å². The molecular weight excluding hydrogens is 299 g/mol. The van der Waals surface area contributed by atoms with Crippen molar-refractivity contribution in [2.75, 3.05) is 12.3 Å². The van der Waals surface area contributed by atoms with E-state index in [4.69, 9.17) is 16.3 Å². The van der Waals surface area contributed by atoms with Gasteiger partial charge in [-0.15, -0.1) is 0 Å². The summed E-state index contributed by atoms with van der Waals surface area (Å²) < 4.78 is 31.9. The van der Waals surface area contributed by atoms with Crippen LogP contribution in [0.3, 0.4) is 0 Å². The number of amides is 2. The van der Waals surface area contributed by atoms with Gasteiger partial charge in [0.15, 0.2) is 0 Å². The van der Waals surface area contributed by atoms with Gasteiger partial charge in [0.1, 0.15) is 5.75 Å². The van der Waals surface area contributed by atoms with E-state index >= 15 is 0 Å². The lowest BCUT2D eigenvalue weighted by Crippen LogP contribution is -2.44. The first-order valence-corrected chi connectivity index (χ1v) is 6.20. The highest BCUT2D eigenvalue weighted by atomic mass is 79.9. The predicted molar refractivity (Wildman–Crippen MR) is 53.5 cm³/mol. The normalized spacial score (nSPS) is 28.7. The van der Waals surface area contributed by atoms with Crippen molar-refractivity contribution in [3.8, 4) is 0 Å². The first-order chi connectivity index (χ1) is 6.16. The number of carbonyl (C=O) groups excluding carboxylic acids is 1. The Morgan fingerprint density at radius 1 is 1.71 bits per heavy atom. The molecule has 1 fully saturated rings. The number of urea groups is 1. The van der Waals surface area contributed by atoms with Gasteiger partial charge in [0.25, 0.3) is 10.1 Å². The van der Waals surface area contributed by atoms with E-state index in [-0.39, 0.29) is 6.54 Å². The van der Waals surface area contributed by atoms with Crippen molar-refractivity contribution in [2.24, 2.45) is 0 Å². The number of halogens is 2. The van der Waals surface area contributed by atoms with Crippen LogP contribution in [0.5, 0.6) is 0 Å². The van der Waals surface area contributed by atoms with Crippen molar-refractivity contribution >= 4 is 44.1 Å². The summed E-state index contributed by atoms with van der Waals surface area (Å²) in [7, 11) is -4.15. The van der Waals surface area contributed by atoms with Gasteiger partial charge in [-0.3, -0.25) is 8.48 Å². The third kappa shape index (κ3) is 2.30. The second kappa shape index (κ2) is 3.51. The molecule has 6 nitrogen and oxygen atoms in total. The van der Waals surface area contributed by atoms with Gasteiger partial charge in [-0.05, 0) is 6.92 Å². The van der Waals surface area contributed by atoms with Gasteiger partial charge >= 0.3 is 6.03 Å². The van der Waals surface area contributed by atoms with Gasteiger partial charge in [0, 0.05) is 11.8 Å². The molecule has 1 aliphatic heterocycles. The largest absolute Gasteiger partial charge is 0.345 e. The van der Waals surface area contributed by atoms with Crippen molar-refractivity contribution in [3.63, 3.8) is 0 Å². The fraction of sp³-hybridized carbons (Fsp3) is 0.800. The standard InChI is InChI=1S/C5H8BrClN2O4S/c1-5(3-14(11,12)13)2-8(7)4(10)9(5)6/h2-3H2,1H3,(H,11,12,13). The molecular formula is C5H8BrClN2O4S. The van der Waals surface area contributed by atoms with E-state index in [0.717, 1.165) is 8.34 Å². The molecule has 0 aromatic carbocycles. The maximum absolute atomic E-state index is 11.2. The van der Waals surface area contributed by atoms with Crippen LogP contribution in [0.1, 0.15) is 6.92 Å². The van der Waals surface area contributed by atoms with E-state index in [1.165, 1.54) is 6.92 Å². The van der Waals surface area contributed by atoms with Crippen LogP contribution >= 0.6 is 27.9 Å². The van der Waals surface area contributed by atoms with Gasteiger partial charge in [-0.25, -0.2) is 9.21 Å². The Hall–Kier alpha value is -0.0500. The molecule has 1 aliphatic rings. The summed E-state index contributed by atoms with van der Waals surface area (Å²) in [5.74, 6) is -0.569. The average Bonchev–Trinajstić information content (AvgIpc) is 2.11. The Bertz CT molecular complexity index is 361. The Balaban J connectivity index is 2.92. The fourth-order valence-electron chi connectivity index (χ4n) is 1.25. The van der Waals surface area contributed by atoms with Crippen molar-refractivity contribution in [1.82, 2.24) is 8.34 Å². The molecule has 1 heterocycles. The van der Waals surface area contributed by atoms with E-state index in [9.17, 15) is 13.2 Å². The van der Waals surface area contributed by atoms with Crippen molar-refractivity contribution in [2.45, 2.75) is 12.5 Å². The molecule has 0 aromatic heterocycles. The lowest BCUT2D eigenvalue weighted by atomic mass is 10.1. The molecule has 0 aliphatic carbocycles. The van der Waals surface area contributed by atoms with Crippen LogP contribution in [0.4, 0.5) is 4.79 Å². The molecule has 1 atom stereocenters. The first-order valence-electron chi connectivity index (χ1n) is 3.54. The van der Waals surface area contributed by atoms with Crippen LogP contribution in [0, 0.1) is 0 Å². The van der Waals surface area contributed by atoms with Crippen LogP contribution in [0.25, 0.3) is 0 Å². The first kappa shape index (κ1) is 12.0. The van der Waals surface area contributed by atoms with Crippen molar-refractivity contribution in [3.05, 3.63) is 0 Å². The number of hydrogen-bond acceptors (Lipinski definition) is 3. The molecule has 0 bridgehead atoms. The summed E-state index contributed by atoms with van der Waals surface area (Å²) in [6, 6.07) is -0.558. The highest BCUT2D eigenvalue weighted by Gasteiger charge is 2.47. The van der Waals surface area contributed by atoms with E-state index in [1.807, 2.05) is 0 Å². The smallest absolute Gasteiger partial charge is 0.285 e. The minimum atomic E-state index is -4.15. The zero-order chi connectivity index (χ0) is 11.1. The highest BCUT2D eigenvalue weighted by molar-refractivity contribution is 9.07. The third-order valence-corrected chi connectivity index (χ3v) is 4.23. The summed E-state index contributed by atoms with van der Waals surface area (Å²) in [5.41, 5.74) is -1.06. The molecule has 0 spiro atoms. The van der Waals surface area contributed by atoms with Gasteiger partial charge in [0.2, 0.25) is 0 Å². The predicted octanol–water partition coefficient (Wildman–Crippen LogP) is 0.834. The quantitative estimate of drug-likeness (QED) is 0.605. The topological polar surface area (TPSA) is 77.9 Å². The second-order valence-corrected chi connectivity index (χ2v) is 5.88. The zero-order valence-electron chi connectivity index (χ0n) is 7.14. The van der Waals surface area contributed by atoms with Crippen molar-refractivity contribution in [1.29, 1.82) is 0 Å². The molecule has 0 radical (unpaired) electrons. The molecule has 1 rings (SSSR count). The monoisotopic (exact) mass is 306 g/mol. The van der Waals surface area contributed by atoms with E-state index in [2.05, 4.69) is 16.1 Å². The minimum Gasteiger partial charge on any atom is -0.285 e. The Kier molecular flexibility index (Phi) is 3.01. The molecule has 9 heteroatoms. The maximum Gasteiger partial charge on any atom is 0.345 e. The summed E-state index contributed by atoms with van der Waals surface area (Å²) in [5, 5.41) is 0. The highest BCUT2D eigenvalue weighted by Crippen LogP contribution is 2.31. The fourth-order valence-corrected chi connectivity index (χ4v) is 3.28. The summed E-state index contributed by atoms with van der Waals surface area (Å²) in [6.45, 7) is 1.51. The van der Waals surface area contributed by atoms with Gasteiger partial charge in [-0.1, -0.05) is 0 Å². The number of carbonyl (C=O) groups is 1. The number of rotatable bonds is 2. The lowest BCUT2D eigenvalue weighted by molar-refractivity contribution is 0.221. The molecule has 2 amide bonds. The second-order valence-electron chi connectivity index (χ2n) is 3.31. The third-order valence-electron chi connectivity index (χ3n) is 1.82. The average molecular weight is 308 g/mol. The van der Waals surface area contributed by atoms with Crippen molar-refractivity contribution < 1.29 is 17.8 Å². The van der Waals surface area contributed by atoms with E-state index in [0.29, 0.717) is 0 Å². The van der Waals surface area contributed by atoms with Crippen LogP contribution < -0.4 is 0 Å². The molecule has 1 N–H and O–H groups in total. The molecule has 0 saturated carbocycles. The van der Waals surface area contributed by atoms with Crippen LogP contribution in [-0.4, -0.2) is 45.2 Å².